The van der Waals surface area contributed by atoms with Gasteiger partial charge in [0.2, 0.25) is 0 Å². The standard InChI is InChI=1S/C15H10F3N5O/c16-15(17,18)9-4-6-10(7-5-9)20-22-13-12(21-23-14(13)24)11-3-1-2-8-19-11/h1-8H,(H2,21,23,24). The van der Waals surface area contributed by atoms with E-state index in [9.17, 15) is 18.0 Å². The number of hydrogen-bond donors (Lipinski definition) is 2. The van der Waals surface area contributed by atoms with Crippen LogP contribution >= 0.6 is 0 Å². The highest BCUT2D eigenvalue weighted by atomic mass is 19.4. The lowest BCUT2D eigenvalue weighted by Gasteiger charge is -2.05. The van der Waals surface area contributed by atoms with Crippen LogP contribution in [0, 0.1) is 0 Å². The fourth-order valence-corrected chi connectivity index (χ4v) is 1.97. The molecule has 2 N–H and O–H groups in total. The van der Waals surface area contributed by atoms with Crippen molar-refractivity contribution in [2.75, 3.05) is 0 Å². The lowest BCUT2D eigenvalue weighted by atomic mass is 10.2. The van der Waals surface area contributed by atoms with Crippen LogP contribution < -0.4 is 5.56 Å². The van der Waals surface area contributed by atoms with Gasteiger partial charge < -0.3 is 0 Å². The van der Waals surface area contributed by atoms with Gasteiger partial charge in [0.15, 0.2) is 5.69 Å². The molecule has 9 heteroatoms. The molecule has 2 aromatic heterocycles. The zero-order valence-corrected chi connectivity index (χ0v) is 12.0. The summed E-state index contributed by atoms with van der Waals surface area (Å²) >= 11 is 0. The number of pyridine rings is 1. The van der Waals surface area contributed by atoms with E-state index in [-0.39, 0.29) is 11.4 Å². The normalized spacial score (nSPS) is 12.0. The second-order valence-electron chi connectivity index (χ2n) is 4.76. The lowest BCUT2D eigenvalue weighted by molar-refractivity contribution is -0.137. The van der Waals surface area contributed by atoms with Crippen molar-refractivity contribution < 1.29 is 13.2 Å². The maximum absolute atomic E-state index is 12.5. The molecule has 0 bridgehead atoms. The van der Waals surface area contributed by atoms with E-state index >= 15 is 0 Å². The van der Waals surface area contributed by atoms with Gasteiger partial charge in [-0.25, -0.2) is 0 Å². The summed E-state index contributed by atoms with van der Waals surface area (Å²) in [5, 5.41) is 12.7. The van der Waals surface area contributed by atoms with Crippen molar-refractivity contribution in [3.05, 3.63) is 64.6 Å². The molecule has 1 aromatic carbocycles. The molecule has 0 saturated heterocycles. The summed E-state index contributed by atoms with van der Waals surface area (Å²) in [5.74, 6) is 0. The highest BCUT2D eigenvalue weighted by Gasteiger charge is 2.29. The first-order chi connectivity index (χ1) is 11.4. The molecule has 2 heterocycles. The molecule has 122 valence electrons. The van der Waals surface area contributed by atoms with Crippen molar-refractivity contribution in [3.63, 3.8) is 0 Å². The van der Waals surface area contributed by atoms with Gasteiger partial charge in [0, 0.05) is 6.20 Å². The Balaban J connectivity index is 1.91. The highest BCUT2D eigenvalue weighted by molar-refractivity contribution is 5.67. The third kappa shape index (κ3) is 3.24. The van der Waals surface area contributed by atoms with Gasteiger partial charge >= 0.3 is 6.18 Å². The quantitative estimate of drug-likeness (QED) is 0.704. The molecule has 0 unspecified atom stereocenters. The number of halogens is 3. The molecule has 0 amide bonds. The summed E-state index contributed by atoms with van der Waals surface area (Å²) in [5.41, 5.74) is -0.279. The predicted octanol–water partition coefficient (Wildman–Crippen LogP) is 4.20. The Morgan fingerprint density at radius 3 is 2.33 bits per heavy atom. The van der Waals surface area contributed by atoms with E-state index in [2.05, 4.69) is 25.4 Å². The molecule has 0 saturated carbocycles. The third-order valence-corrected chi connectivity index (χ3v) is 3.13. The molecule has 0 aliphatic carbocycles. The van der Waals surface area contributed by atoms with Gasteiger partial charge in [0.1, 0.15) is 5.69 Å². The molecule has 0 aliphatic heterocycles. The summed E-state index contributed by atoms with van der Waals surface area (Å²) < 4.78 is 37.5. The lowest BCUT2D eigenvalue weighted by Crippen LogP contribution is -2.03. The number of alkyl halides is 3. The van der Waals surface area contributed by atoms with Gasteiger partial charge in [-0.05, 0) is 36.4 Å². The molecular weight excluding hydrogens is 323 g/mol. The van der Waals surface area contributed by atoms with Crippen molar-refractivity contribution in [2.45, 2.75) is 6.18 Å². The minimum atomic E-state index is -4.42. The van der Waals surface area contributed by atoms with Crippen LogP contribution in [0.15, 0.2) is 63.7 Å². The van der Waals surface area contributed by atoms with E-state index in [0.29, 0.717) is 11.4 Å². The Kier molecular flexibility index (Phi) is 3.98. The van der Waals surface area contributed by atoms with Crippen LogP contribution in [0.4, 0.5) is 24.5 Å². The van der Waals surface area contributed by atoms with Gasteiger partial charge in [-0.2, -0.15) is 18.3 Å². The van der Waals surface area contributed by atoms with Crippen molar-refractivity contribution >= 4 is 11.4 Å². The van der Waals surface area contributed by atoms with E-state index in [1.54, 1.807) is 24.4 Å². The van der Waals surface area contributed by atoms with Crippen LogP contribution in [0.2, 0.25) is 0 Å². The van der Waals surface area contributed by atoms with Gasteiger partial charge in [-0.1, -0.05) is 6.07 Å². The number of benzene rings is 1. The summed E-state index contributed by atoms with van der Waals surface area (Å²) in [6.07, 6.45) is -2.86. The van der Waals surface area contributed by atoms with E-state index < -0.39 is 17.3 Å². The maximum atomic E-state index is 12.5. The minimum Gasteiger partial charge on any atom is -0.294 e. The number of aromatic amines is 2. The van der Waals surface area contributed by atoms with Crippen LogP contribution in [0.3, 0.4) is 0 Å². The van der Waals surface area contributed by atoms with Crippen LogP contribution in [0.1, 0.15) is 5.56 Å². The molecule has 24 heavy (non-hydrogen) atoms. The van der Waals surface area contributed by atoms with Gasteiger partial charge in [-0.15, -0.1) is 5.11 Å². The largest absolute Gasteiger partial charge is 0.416 e. The number of H-pyrrole nitrogens is 2. The Morgan fingerprint density at radius 1 is 0.958 bits per heavy atom. The van der Waals surface area contributed by atoms with Crippen molar-refractivity contribution in [1.29, 1.82) is 0 Å². The van der Waals surface area contributed by atoms with E-state index in [1.165, 1.54) is 12.1 Å². The second-order valence-corrected chi connectivity index (χ2v) is 4.76. The Hall–Kier alpha value is -3.23. The molecule has 0 spiro atoms. The van der Waals surface area contributed by atoms with E-state index in [1.807, 2.05) is 0 Å². The molecule has 3 aromatic rings. The van der Waals surface area contributed by atoms with Gasteiger partial charge in [-0.3, -0.25) is 20.0 Å². The molecule has 0 aliphatic rings. The number of nitrogens with zero attached hydrogens (tertiary/aromatic N) is 3. The number of hydrogen-bond acceptors (Lipinski definition) is 4. The van der Waals surface area contributed by atoms with Crippen LogP contribution in [-0.2, 0) is 6.18 Å². The first-order valence-corrected chi connectivity index (χ1v) is 6.76. The molecular formula is C15H10F3N5O. The first kappa shape index (κ1) is 15.7. The summed E-state index contributed by atoms with van der Waals surface area (Å²) in [6.45, 7) is 0. The number of rotatable bonds is 3. The number of aromatic nitrogens is 3. The Labute approximate surface area is 133 Å². The Morgan fingerprint density at radius 2 is 1.71 bits per heavy atom. The highest BCUT2D eigenvalue weighted by Crippen LogP contribution is 2.31. The van der Waals surface area contributed by atoms with Crippen molar-refractivity contribution in [1.82, 2.24) is 15.2 Å². The molecule has 6 nitrogen and oxygen atoms in total. The SMILES string of the molecule is O=c1[nH][nH]c(-c2ccccn2)c1N=Nc1ccc(C(F)(F)F)cc1. The van der Waals surface area contributed by atoms with Crippen molar-refractivity contribution in [2.24, 2.45) is 10.2 Å². The average Bonchev–Trinajstić information content (AvgIpc) is 2.94. The fraction of sp³-hybridized carbons (Fsp3) is 0.0667. The topological polar surface area (TPSA) is 86.3 Å². The van der Waals surface area contributed by atoms with Crippen LogP contribution in [0.5, 0.6) is 0 Å². The molecule has 0 radical (unpaired) electrons. The maximum Gasteiger partial charge on any atom is 0.416 e. The third-order valence-electron chi connectivity index (χ3n) is 3.13. The van der Waals surface area contributed by atoms with Crippen LogP contribution in [-0.4, -0.2) is 15.2 Å². The molecule has 0 fully saturated rings. The summed E-state index contributed by atoms with van der Waals surface area (Å²) in [7, 11) is 0. The first-order valence-electron chi connectivity index (χ1n) is 6.76. The summed E-state index contributed by atoms with van der Waals surface area (Å²) in [6, 6.07) is 9.28. The fourth-order valence-electron chi connectivity index (χ4n) is 1.97. The molecule has 3 rings (SSSR count). The predicted molar refractivity (Wildman–Crippen MR) is 80.3 cm³/mol. The molecule has 0 atom stereocenters. The van der Waals surface area contributed by atoms with Gasteiger partial charge in [0.25, 0.3) is 5.56 Å². The number of nitrogens with one attached hydrogen (secondary N) is 2. The smallest absolute Gasteiger partial charge is 0.294 e. The van der Waals surface area contributed by atoms with E-state index in [4.69, 9.17) is 0 Å². The van der Waals surface area contributed by atoms with Crippen LogP contribution in [0.25, 0.3) is 11.4 Å². The van der Waals surface area contributed by atoms with Gasteiger partial charge in [0.05, 0.1) is 16.9 Å². The monoisotopic (exact) mass is 333 g/mol. The zero-order valence-electron chi connectivity index (χ0n) is 12.0. The Bertz CT molecular complexity index is 911. The van der Waals surface area contributed by atoms with E-state index in [0.717, 1.165) is 12.1 Å². The zero-order chi connectivity index (χ0) is 17.2. The second kappa shape index (κ2) is 6.11. The minimum absolute atomic E-state index is 0.00593. The van der Waals surface area contributed by atoms with Crippen molar-refractivity contribution in [3.8, 4) is 11.4 Å². The summed E-state index contributed by atoms with van der Waals surface area (Å²) in [4.78, 5) is 15.9. The average molecular weight is 333 g/mol. The number of azo groups is 1.